The number of ether oxygens (including phenoxy) is 4. The Morgan fingerprint density at radius 3 is 2.79 bits per heavy atom. The molecule has 2 aliphatic heterocycles. The van der Waals surface area contributed by atoms with Gasteiger partial charge in [-0.2, -0.15) is 0 Å². The highest BCUT2D eigenvalue weighted by Crippen LogP contribution is 2.38. The van der Waals surface area contributed by atoms with Crippen LogP contribution in [-0.2, 0) is 18.9 Å². The van der Waals surface area contributed by atoms with Gasteiger partial charge in [-0.1, -0.05) is 0 Å². The quantitative estimate of drug-likeness (QED) is 0.732. The standard InChI is InChI=1S/C14H26O5/c1-16-8-9-18-11-13(15)12-2-5-19-14(10-12)3-6-17-7-4-14/h12-13,15H,2-11H2,1H3. The van der Waals surface area contributed by atoms with Crippen molar-refractivity contribution in [1.82, 2.24) is 0 Å². The number of hydrogen-bond donors (Lipinski definition) is 1. The van der Waals surface area contributed by atoms with Crippen molar-refractivity contribution < 1.29 is 24.1 Å². The minimum Gasteiger partial charge on any atom is -0.390 e. The van der Waals surface area contributed by atoms with Gasteiger partial charge in [-0.25, -0.2) is 0 Å². The number of aliphatic hydroxyl groups excluding tert-OH is 1. The highest BCUT2D eigenvalue weighted by molar-refractivity contribution is 4.90. The van der Waals surface area contributed by atoms with Crippen LogP contribution in [0.25, 0.3) is 0 Å². The van der Waals surface area contributed by atoms with Crippen LogP contribution >= 0.6 is 0 Å². The molecule has 0 radical (unpaired) electrons. The highest BCUT2D eigenvalue weighted by atomic mass is 16.5. The maximum atomic E-state index is 10.2. The summed E-state index contributed by atoms with van der Waals surface area (Å²) < 4.78 is 21.7. The van der Waals surface area contributed by atoms with Gasteiger partial charge >= 0.3 is 0 Å². The van der Waals surface area contributed by atoms with Gasteiger partial charge in [0.05, 0.1) is 31.5 Å². The van der Waals surface area contributed by atoms with Gasteiger partial charge in [0.15, 0.2) is 0 Å². The van der Waals surface area contributed by atoms with Crippen LogP contribution in [0, 0.1) is 5.92 Å². The van der Waals surface area contributed by atoms with E-state index < -0.39 is 6.10 Å². The van der Waals surface area contributed by atoms with E-state index in [9.17, 15) is 5.11 Å². The fourth-order valence-corrected chi connectivity index (χ4v) is 2.97. The van der Waals surface area contributed by atoms with Gasteiger partial charge in [-0.15, -0.1) is 0 Å². The lowest BCUT2D eigenvalue weighted by Crippen LogP contribution is -2.47. The Balaban J connectivity index is 1.76. The molecule has 2 unspecified atom stereocenters. The van der Waals surface area contributed by atoms with E-state index in [2.05, 4.69) is 0 Å². The molecule has 1 N–H and O–H groups in total. The molecule has 0 aromatic carbocycles. The first-order chi connectivity index (χ1) is 9.26. The molecule has 5 nitrogen and oxygen atoms in total. The van der Waals surface area contributed by atoms with Crippen molar-refractivity contribution in [2.24, 2.45) is 5.92 Å². The lowest BCUT2D eigenvalue weighted by Gasteiger charge is -2.44. The van der Waals surface area contributed by atoms with Gasteiger partial charge in [0.1, 0.15) is 0 Å². The molecule has 0 aromatic rings. The molecule has 2 rings (SSSR count). The zero-order valence-corrected chi connectivity index (χ0v) is 11.8. The first-order valence-electron chi connectivity index (χ1n) is 7.22. The maximum Gasteiger partial charge on any atom is 0.0803 e. The first-order valence-corrected chi connectivity index (χ1v) is 7.22. The first kappa shape index (κ1) is 15.2. The van der Waals surface area contributed by atoms with Crippen molar-refractivity contribution in [2.75, 3.05) is 46.8 Å². The predicted molar refractivity (Wildman–Crippen MR) is 70.2 cm³/mol. The maximum absolute atomic E-state index is 10.2. The van der Waals surface area contributed by atoms with Gasteiger partial charge < -0.3 is 24.1 Å². The number of rotatable bonds is 6. The van der Waals surface area contributed by atoms with E-state index in [1.807, 2.05) is 0 Å². The Labute approximate surface area is 115 Å². The van der Waals surface area contributed by atoms with E-state index in [-0.39, 0.29) is 11.5 Å². The third kappa shape index (κ3) is 4.39. The second kappa shape index (κ2) is 7.55. The smallest absolute Gasteiger partial charge is 0.0803 e. The fraction of sp³-hybridized carbons (Fsp3) is 1.00. The van der Waals surface area contributed by atoms with Crippen molar-refractivity contribution in [3.05, 3.63) is 0 Å². The average molecular weight is 274 g/mol. The molecule has 19 heavy (non-hydrogen) atoms. The largest absolute Gasteiger partial charge is 0.390 e. The molecule has 2 heterocycles. The number of aliphatic hydroxyl groups is 1. The molecule has 1 spiro atoms. The average Bonchev–Trinajstić information content (AvgIpc) is 2.44. The lowest BCUT2D eigenvalue weighted by molar-refractivity contribution is -0.162. The van der Waals surface area contributed by atoms with Crippen LogP contribution in [0.2, 0.25) is 0 Å². The van der Waals surface area contributed by atoms with Gasteiger partial charge in [0.2, 0.25) is 0 Å². The Morgan fingerprint density at radius 1 is 1.26 bits per heavy atom. The normalized spacial score (nSPS) is 28.4. The summed E-state index contributed by atoms with van der Waals surface area (Å²) in [6.45, 7) is 3.78. The Morgan fingerprint density at radius 2 is 2.05 bits per heavy atom. The number of hydrogen-bond acceptors (Lipinski definition) is 5. The molecule has 0 saturated carbocycles. The van der Waals surface area contributed by atoms with Crippen LogP contribution in [0.1, 0.15) is 25.7 Å². The topological polar surface area (TPSA) is 57.2 Å². The van der Waals surface area contributed by atoms with Gasteiger partial charge in [-0.3, -0.25) is 0 Å². The highest BCUT2D eigenvalue weighted by Gasteiger charge is 2.40. The molecule has 0 amide bonds. The van der Waals surface area contributed by atoms with Crippen molar-refractivity contribution in [3.63, 3.8) is 0 Å². The van der Waals surface area contributed by atoms with Crippen LogP contribution in [-0.4, -0.2) is 63.6 Å². The third-order valence-electron chi connectivity index (χ3n) is 4.20. The third-order valence-corrected chi connectivity index (χ3v) is 4.20. The molecule has 0 aliphatic carbocycles. The Kier molecular flexibility index (Phi) is 6.04. The zero-order chi connectivity index (χ0) is 13.6. The monoisotopic (exact) mass is 274 g/mol. The summed E-state index contributed by atoms with van der Waals surface area (Å²) in [5.74, 6) is 0.273. The fourth-order valence-electron chi connectivity index (χ4n) is 2.97. The van der Waals surface area contributed by atoms with E-state index >= 15 is 0 Å². The van der Waals surface area contributed by atoms with Gasteiger partial charge in [0, 0.05) is 26.9 Å². The van der Waals surface area contributed by atoms with E-state index in [1.165, 1.54) is 0 Å². The minimum absolute atomic E-state index is 0.0608. The van der Waals surface area contributed by atoms with Crippen LogP contribution in [0.15, 0.2) is 0 Å². The van der Waals surface area contributed by atoms with E-state index in [0.29, 0.717) is 19.8 Å². The molecular formula is C14H26O5. The van der Waals surface area contributed by atoms with Crippen molar-refractivity contribution in [3.8, 4) is 0 Å². The summed E-state index contributed by atoms with van der Waals surface area (Å²) in [7, 11) is 1.65. The van der Waals surface area contributed by atoms with Crippen LogP contribution in [0.3, 0.4) is 0 Å². The molecule has 112 valence electrons. The Bertz CT molecular complexity index is 247. The van der Waals surface area contributed by atoms with Crippen molar-refractivity contribution >= 4 is 0 Å². The molecule has 0 bridgehead atoms. The summed E-state index contributed by atoms with van der Waals surface area (Å²) in [5.41, 5.74) is -0.0608. The van der Waals surface area contributed by atoms with Crippen LogP contribution in [0.5, 0.6) is 0 Å². The minimum atomic E-state index is -0.402. The number of methoxy groups -OCH3 is 1. The van der Waals surface area contributed by atoms with Crippen molar-refractivity contribution in [2.45, 2.75) is 37.4 Å². The summed E-state index contributed by atoms with van der Waals surface area (Å²) in [6, 6.07) is 0. The zero-order valence-electron chi connectivity index (χ0n) is 11.8. The molecule has 5 heteroatoms. The SMILES string of the molecule is COCCOCC(O)C1CCOC2(CCOCC2)C1. The molecule has 2 aliphatic rings. The second-order valence-electron chi connectivity index (χ2n) is 5.53. The molecular weight excluding hydrogens is 248 g/mol. The van der Waals surface area contributed by atoms with Crippen molar-refractivity contribution in [1.29, 1.82) is 0 Å². The lowest BCUT2D eigenvalue weighted by atomic mass is 9.79. The van der Waals surface area contributed by atoms with Gasteiger partial charge in [0.25, 0.3) is 0 Å². The predicted octanol–water partition coefficient (Wildman–Crippen LogP) is 0.986. The molecule has 2 fully saturated rings. The molecule has 0 aromatic heterocycles. The Hall–Kier alpha value is -0.200. The van der Waals surface area contributed by atoms with Gasteiger partial charge in [-0.05, 0) is 31.6 Å². The van der Waals surface area contributed by atoms with E-state index in [0.717, 1.165) is 45.5 Å². The van der Waals surface area contributed by atoms with Crippen LogP contribution in [0.4, 0.5) is 0 Å². The van der Waals surface area contributed by atoms with E-state index in [1.54, 1.807) is 7.11 Å². The summed E-state index contributed by atoms with van der Waals surface area (Å²) in [6.07, 6.45) is 3.32. The summed E-state index contributed by atoms with van der Waals surface area (Å²) in [4.78, 5) is 0. The van der Waals surface area contributed by atoms with Crippen LogP contribution < -0.4 is 0 Å². The molecule has 2 atom stereocenters. The summed E-state index contributed by atoms with van der Waals surface area (Å²) >= 11 is 0. The van der Waals surface area contributed by atoms with E-state index in [4.69, 9.17) is 18.9 Å². The molecule has 2 saturated heterocycles. The second-order valence-corrected chi connectivity index (χ2v) is 5.53. The summed E-state index contributed by atoms with van der Waals surface area (Å²) in [5, 5.41) is 10.2.